The standard InChI is InChI=1S/C14H17N5/c15-13-5-4-12(11-17-13)18-7-9-19(10-8-18)14-3-1-2-6-16-14/h1-6,11H,7-10H2,(H2,15,17)/p+1. The van der Waals surface area contributed by atoms with Crippen LogP contribution in [0.1, 0.15) is 0 Å². The predicted octanol–water partition coefficient (Wildman–Crippen LogP) is 0.804. The Labute approximate surface area is 112 Å². The van der Waals surface area contributed by atoms with Crippen LogP contribution < -0.4 is 20.5 Å². The van der Waals surface area contributed by atoms with Crippen molar-refractivity contribution in [3.8, 4) is 0 Å². The quantitative estimate of drug-likeness (QED) is 0.863. The Hall–Kier alpha value is -2.30. The normalized spacial score (nSPS) is 15.6. The fourth-order valence-corrected chi connectivity index (χ4v) is 2.36. The molecule has 5 nitrogen and oxygen atoms in total. The van der Waals surface area contributed by atoms with Crippen LogP contribution in [0.25, 0.3) is 0 Å². The topological polar surface area (TPSA) is 59.5 Å². The van der Waals surface area contributed by atoms with E-state index in [0.29, 0.717) is 5.82 Å². The van der Waals surface area contributed by atoms with E-state index in [-0.39, 0.29) is 0 Å². The van der Waals surface area contributed by atoms with Crippen LogP contribution in [0.5, 0.6) is 0 Å². The molecule has 3 heterocycles. The van der Waals surface area contributed by atoms with Gasteiger partial charge < -0.3 is 9.80 Å². The molecular weight excluding hydrogens is 238 g/mol. The van der Waals surface area contributed by atoms with E-state index in [1.165, 1.54) is 5.69 Å². The molecule has 1 aliphatic heterocycles. The monoisotopic (exact) mass is 256 g/mol. The summed E-state index contributed by atoms with van der Waals surface area (Å²) in [6.45, 7) is 3.96. The third-order valence-corrected chi connectivity index (χ3v) is 3.44. The average molecular weight is 256 g/mol. The molecule has 1 aliphatic rings. The van der Waals surface area contributed by atoms with Gasteiger partial charge in [-0.05, 0) is 18.2 Å². The Morgan fingerprint density at radius 2 is 1.79 bits per heavy atom. The van der Waals surface area contributed by atoms with Crippen LogP contribution in [0.2, 0.25) is 0 Å². The number of hydrogen-bond acceptors (Lipinski definition) is 4. The van der Waals surface area contributed by atoms with Crippen LogP contribution in [0, 0.1) is 0 Å². The van der Waals surface area contributed by atoms with Gasteiger partial charge in [0.25, 0.3) is 5.82 Å². The number of aromatic nitrogens is 2. The highest BCUT2D eigenvalue weighted by atomic mass is 15.3. The van der Waals surface area contributed by atoms with Gasteiger partial charge in [0, 0.05) is 38.4 Å². The highest BCUT2D eigenvalue weighted by molar-refractivity contribution is 5.48. The van der Waals surface area contributed by atoms with Gasteiger partial charge >= 0.3 is 0 Å². The Balaban J connectivity index is 1.65. The van der Waals surface area contributed by atoms with E-state index < -0.39 is 0 Å². The highest BCUT2D eigenvalue weighted by Crippen LogP contribution is 2.17. The lowest BCUT2D eigenvalue weighted by atomic mass is 10.2. The maximum absolute atomic E-state index is 5.66. The van der Waals surface area contributed by atoms with Crippen molar-refractivity contribution in [2.75, 3.05) is 41.7 Å². The number of nitrogens with one attached hydrogen (secondary N) is 1. The van der Waals surface area contributed by atoms with Crippen LogP contribution >= 0.6 is 0 Å². The van der Waals surface area contributed by atoms with Gasteiger partial charge in [-0.3, -0.25) is 5.73 Å². The lowest BCUT2D eigenvalue weighted by Crippen LogP contribution is -2.47. The summed E-state index contributed by atoms with van der Waals surface area (Å²) >= 11 is 0. The van der Waals surface area contributed by atoms with Crippen molar-refractivity contribution in [1.82, 2.24) is 4.98 Å². The third-order valence-electron chi connectivity index (χ3n) is 3.44. The predicted molar refractivity (Wildman–Crippen MR) is 76.1 cm³/mol. The van der Waals surface area contributed by atoms with Crippen molar-refractivity contribution < 1.29 is 4.98 Å². The molecular formula is C14H18N5+. The van der Waals surface area contributed by atoms with Crippen molar-refractivity contribution in [3.05, 3.63) is 42.7 Å². The first-order valence-electron chi connectivity index (χ1n) is 6.51. The first-order chi connectivity index (χ1) is 9.33. The van der Waals surface area contributed by atoms with Gasteiger partial charge in [0.1, 0.15) is 12.0 Å². The Morgan fingerprint density at radius 3 is 2.42 bits per heavy atom. The Bertz CT molecular complexity index is 517. The molecule has 0 amide bonds. The van der Waals surface area contributed by atoms with Crippen molar-refractivity contribution in [2.24, 2.45) is 0 Å². The summed E-state index contributed by atoms with van der Waals surface area (Å²) in [5, 5.41) is 0. The van der Waals surface area contributed by atoms with Gasteiger partial charge in [-0.25, -0.2) is 9.97 Å². The lowest BCUT2D eigenvalue weighted by molar-refractivity contribution is -0.359. The van der Waals surface area contributed by atoms with Crippen LogP contribution in [0.3, 0.4) is 0 Å². The number of nitrogens with two attached hydrogens (primary N) is 1. The fraction of sp³-hybridized carbons (Fsp3) is 0.286. The zero-order valence-electron chi connectivity index (χ0n) is 10.8. The van der Waals surface area contributed by atoms with Crippen LogP contribution in [0.4, 0.5) is 17.3 Å². The smallest absolute Gasteiger partial charge is 0.270 e. The first-order valence-corrected chi connectivity index (χ1v) is 6.51. The number of aromatic amines is 1. The third kappa shape index (κ3) is 2.59. The molecule has 0 aromatic carbocycles. The zero-order chi connectivity index (χ0) is 13.1. The number of rotatable bonds is 2. The molecule has 0 bridgehead atoms. The number of anilines is 3. The minimum absolute atomic E-state index is 0.691. The van der Waals surface area contributed by atoms with E-state index in [4.69, 9.17) is 5.73 Å². The number of piperazine rings is 1. The number of hydrogen-bond donors (Lipinski definition) is 1. The maximum atomic E-state index is 5.66. The SMILES string of the molecule is Nc1ccc(N2CCN(c3ccccn3)CC2)c[nH+]1. The molecule has 2 aromatic rings. The molecule has 98 valence electrons. The summed E-state index contributed by atoms with van der Waals surface area (Å²) in [4.78, 5) is 12.1. The van der Waals surface area contributed by atoms with E-state index >= 15 is 0 Å². The van der Waals surface area contributed by atoms with Gasteiger partial charge in [0.05, 0.1) is 5.69 Å². The molecule has 19 heavy (non-hydrogen) atoms. The fourth-order valence-electron chi connectivity index (χ4n) is 2.36. The van der Waals surface area contributed by atoms with Gasteiger partial charge in [0.2, 0.25) is 0 Å². The molecule has 0 radical (unpaired) electrons. The molecule has 3 N–H and O–H groups in total. The van der Waals surface area contributed by atoms with E-state index in [1.54, 1.807) is 0 Å². The number of nitrogens with zero attached hydrogens (tertiary/aromatic N) is 3. The van der Waals surface area contributed by atoms with Gasteiger partial charge in [-0.15, -0.1) is 0 Å². The van der Waals surface area contributed by atoms with Crippen LogP contribution in [-0.2, 0) is 0 Å². The molecule has 0 aliphatic carbocycles. The maximum Gasteiger partial charge on any atom is 0.270 e. The zero-order valence-corrected chi connectivity index (χ0v) is 10.8. The summed E-state index contributed by atoms with van der Waals surface area (Å²) in [6.07, 6.45) is 3.81. The average Bonchev–Trinajstić information content (AvgIpc) is 2.49. The number of H-pyrrole nitrogens is 1. The molecule has 0 saturated carbocycles. The van der Waals surface area contributed by atoms with Gasteiger partial charge in [-0.2, -0.15) is 0 Å². The molecule has 1 fully saturated rings. The Morgan fingerprint density at radius 1 is 1.00 bits per heavy atom. The minimum Gasteiger partial charge on any atom is -0.365 e. The summed E-state index contributed by atoms with van der Waals surface area (Å²) < 4.78 is 0. The second-order valence-corrected chi connectivity index (χ2v) is 4.66. The summed E-state index contributed by atoms with van der Waals surface area (Å²) in [6, 6.07) is 10.0. The molecule has 0 spiro atoms. The first kappa shape index (κ1) is 11.8. The van der Waals surface area contributed by atoms with Crippen molar-refractivity contribution in [3.63, 3.8) is 0 Å². The largest absolute Gasteiger partial charge is 0.365 e. The number of pyridine rings is 2. The number of nitrogen functional groups attached to an aromatic ring is 1. The van der Waals surface area contributed by atoms with Crippen molar-refractivity contribution >= 4 is 17.3 Å². The van der Waals surface area contributed by atoms with Crippen molar-refractivity contribution in [1.29, 1.82) is 0 Å². The Kier molecular flexibility index (Phi) is 3.18. The second kappa shape index (κ2) is 5.14. The molecule has 2 aromatic heterocycles. The lowest BCUT2D eigenvalue weighted by Gasteiger charge is -2.36. The molecule has 0 unspecified atom stereocenters. The molecule has 5 heteroatoms. The van der Waals surface area contributed by atoms with Gasteiger partial charge in [-0.1, -0.05) is 6.07 Å². The van der Waals surface area contributed by atoms with Crippen molar-refractivity contribution in [2.45, 2.75) is 0 Å². The van der Waals surface area contributed by atoms with E-state index in [9.17, 15) is 0 Å². The molecule has 3 rings (SSSR count). The second-order valence-electron chi connectivity index (χ2n) is 4.66. The van der Waals surface area contributed by atoms with E-state index in [0.717, 1.165) is 32.0 Å². The van der Waals surface area contributed by atoms with Crippen LogP contribution in [0.15, 0.2) is 42.7 Å². The minimum atomic E-state index is 0.691. The van der Waals surface area contributed by atoms with E-state index in [2.05, 4.69) is 31.9 Å². The van der Waals surface area contributed by atoms with Crippen LogP contribution in [-0.4, -0.2) is 31.2 Å². The summed E-state index contributed by atoms with van der Waals surface area (Å²) in [5.41, 5.74) is 6.85. The van der Waals surface area contributed by atoms with E-state index in [1.807, 2.05) is 30.6 Å². The molecule has 0 atom stereocenters. The van der Waals surface area contributed by atoms with Gasteiger partial charge in [0.15, 0.2) is 0 Å². The summed E-state index contributed by atoms with van der Waals surface area (Å²) in [5.74, 6) is 1.75. The summed E-state index contributed by atoms with van der Waals surface area (Å²) in [7, 11) is 0. The molecule has 1 saturated heterocycles. The highest BCUT2D eigenvalue weighted by Gasteiger charge is 2.18.